The molecule has 0 radical (unpaired) electrons. The van der Waals surface area contributed by atoms with Gasteiger partial charge in [0.25, 0.3) is 0 Å². The Bertz CT molecular complexity index is 398. The van der Waals surface area contributed by atoms with E-state index in [9.17, 15) is 0 Å². The van der Waals surface area contributed by atoms with Crippen molar-refractivity contribution in [1.82, 2.24) is 10.3 Å². The van der Waals surface area contributed by atoms with Gasteiger partial charge in [-0.2, -0.15) is 0 Å². The quantitative estimate of drug-likeness (QED) is 0.777. The zero-order valence-corrected chi connectivity index (χ0v) is 15.0. The maximum Gasteiger partial charge on any atom is 0.186 e. The Labute approximate surface area is 128 Å². The molecule has 0 spiro atoms. The van der Waals surface area contributed by atoms with Crippen LogP contribution in [0.1, 0.15) is 64.5 Å². The predicted octanol–water partition coefficient (Wildman–Crippen LogP) is 4.25. The van der Waals surface area contributed by atoms with Crippen molar-refractivity contribution in [2.75, 3.05) is 18.5 Å². The van der Waals surface area contributed by atoms with Gasteiger partial charge in [-0.3, -0.25) is 0 Å². The molecule has 1 N–H and O–H groups in total. The summed E-state index contributed by atoms with van der Waals surface area (Å²) in [5, 5.41) is 4.47. The summed E-state index contributed by atoms with van der Waals surface area (Å²) in [5.41, 5.74) is 1.29. The first kappa shape index (κ1) is 17.4. The van der Waals surface area contributed by atoms with E-state index in [1.807, 2.05) is 18.4 Å². The molecule has 1 aromatic rings. The van der Waals surface area contributed by atoms with Crippen molar-refractivity contribution < 1.29 is 0 Å². The van der Waals surface area contributed by atoms with E-state index < -0.39 is 0 Å². The average molecular weight is 298 g/mol. The van der Waals surface area contributed by atoms with E-state index in [1.54, 1.807) is 0 Å². The van der Waals surface area contributed by atoms with Gasteiger partial charge >= 0.3 is 0 Å². The first-order valence-corrected chi connectivity index (χ1v) is 8.63. The van der Waals surface area contributed by atoms with Crippen molar-refractivity contribution in [2.45, 2.75) is 66.5 Å². The highest BCUT2D eigenvalue weighted by Crippen LogP contribution is 2.33. The molecule has 0 fully saturated rings. The molecule has 1 aromatic heterocycles. The Morgan fingerprint density at radius 2 is 1.85 bits per heavy atom. The lowest BCUT2D eigenvalue weighted by atomic mass is 10.0. The van der Waals surface area contributed by atoms with Gasteiger partial charge in [0, 0.05) is 24.0 Å². The van der Waals surface area contributed by atoms with Crippen molar-refractivity contribution >= 4 is 16.5 Å². The van der Waals surface area contributed by atoms with Gasteiger partial charge in [-0.15, -0.1) is 11.3 Å². The third kappa shape index (κ3) is 4.45. The molecule has 0 aliphatic carbocycles. The van der Waals surface area contributed by atoms with Gasteiger partial charge < -0.3 is 10.2 Å². The molecule has 1 unspecified atom stereocenters. The Hall–Kier alpha value is -0.610. The summed E-state index contributed by atoms with van der Waals surface area (Å²) in [6.07, 6.45) is 1.14. The minimum absolute atomic E-state index is 0.496. The molecule has 0 amide bonds. The van der Waals surface area contributed by atoms with Crippen LogP contribution in [0.4, 0.5) is 5.13 Å². The number of nitrogens with zero attached hydrogens (tertiary/aromatic N) is 2. The fraction of sp³-hybridized carbons (Fsp3) is 0.812. The van der Waals surface area contributed by atoms with Crippen molar-refractivity contribution in [1.29, 1.82) is 0 Å². The lowest BCUT2D eigenvalue weighted by Gasteiger charge is -2.28. The van der Waals surface area contributed by atoms with Crippen LogP contribution in [-0.2, 0) is 6.54 Å². The predicted molar refractivity (Wildman–Crippen MR) is 90.9 cm³/mol. The molecule has 0 saturated heterocycles. The second kappa shape index (κ2) is 7.99. The number of nitrogens with one attached hydrogen (secondary N) is 1. The van der Waals surface area contributed by atoms with Gasteiger partial charge in [0.05, 0.1) is 5.69 Å². The molecule has 0 aromatic carbocycles. The van der Waals surface area contributed by atoms with Crippen molar-refractivity contribution in [3.05, 3.63) is 10.6 Å². The summed E-state index contributed by atoms with van der Waals surface area (Å²) < 4.78 is 0. The summed E-state index contributed by atoms with van der Waals surface area (Å²) in [6, 6.07) is 0.496. The molecule has 116 valence electrons. The van der Waals surface area contributed by atoms with Crippen LogP contribution in [0, 0.1) is 5.92 Å². The van der Waals surface area contributed by atoms with Crippen LogP contribution < -0.4 is 10.2 Å². The van der Waals surface area contributed by atoms with Crippen LogP contribution in [0.2, 0.25) is 0 Å². The highest BCUT2D eigenvalue weighted by molar-refractivity contribution is 7.15. The molecule has 0 aliphatic heterocycles. The first-order chi connectivity index (χ1) is 9.40. The SMILES string of the molecule is CCC(C)c1nc(N(CC(C)C)C(C)C)sc1CNC. The van der Waals surface area contributed by atoms with E-state index in [1.165, 1.54) is 15.7 Å². The monoisotopic (exact) mass is 297 g/mol. The zero-order valence-electron chi connectivity index (χ0n) is 14.2. The number of hydrogen-bond acceptors (Lipinski definition) is 4. The molecule has 3 nitrogen and oxygen atoms in total. The van der Waals surface area contributed by atoms with E-state index in [2.05, 4.69) is 51.8 Å². The standard InChI is InChI=1S/C16H31N3S/c1-8-13(6)15-14(9-17-7)20-16(18-15)19(12(4)5)10-11(2)3/h11-13,17H,8-10H2,1-7H3. The Kier molecular flexibility index (Phi) is 6.96. The third-order valence-electron chi connectivity index (χ3n) is 3.56. The number of rotatable bonds is 8. The summed E-state index contributed by atoms with van der Waals surface area (Å²) >= 11 is 1.86. The highest BCUT2D eigenvalue weighted by atomic mass is 32.1. The van der Waals surface area contributed by atoms with Crippen LogP contribution >= 0.6 is 11.3 Å². The van der Waals surface area contributed by atoms with Crippen LogP contribution in [0.15, 0.2) is 0 Å². The van der Waals surface area contributed by atoms with Crippen LogP contribution in [0.25, 0.3) is 0 Å². The molecule has 0 bridgehead atoms. The van der Waals surface area contributed by atoms with Crippen molar-refractivity contribution in [3.63, 3.8) is 0 Å². The van der Waals surface area contributed by atoms with E-state index in [0.717, 1.165) is 19.5 Å². The number of aromatic nitrogens is 1. The second-order valence-electron chi connectivity index (χ2n) is 6.28. The van der Waals surface area contributed by atoms with Crippen LogP contribution in [0.3, 0.4) is 0 Å². The van der Waals surface area contributed by atoms with Gasteiger partial charge in [-0.1, -0.05) is 27.7 Å². The molecule has 0 saturated carbocycles. The minimum atomic E-state index is 0.496. The van der Waals surface area contributed by atoms with E-state index >= 15 is 0 Å². The maximum absolute atomic E-state index is 4.98. The van der Waals surface area contributed by atoms with E-state index in [4.69, 9.17) is 4.98 Å². The summed E-state index contributed by atoms with van der Waals surface area (Å²) in [5.74, 6) is 1.19. The Morgan fingerprint density at radius 1 is 1.20 bits per heavy atom. The maximum atomic E-state index is 4.98. The summed E-state index contributed by atoms with van der Waals surface area (Å²) in [7, 11) is 2.01. The molecule has 4 heteroatoms. The Morgan fingerprint density at radius 3 is 2.30 bits per heavy atom. The lowest BCUT2D eigenvalue weighted by Crippen LogP contribution is -2.34. The van der Waals surface area contributed by atoms with Gasteiger partial charge in [0.15, 0.2) is 5.13 Å². The molecule has 20 heavy (non-hydrogen) atoms. The van der Waals surface area contributed by atoms with Gasteiger partial charge in [-0.05, 0) is 39.2 Å². The highest BCUT2D eigenvalue weighted by Gasteiger charge is 2.21. The molecular weight excluding hydrogens is 266 g/mol. The lowest BCUT2D eigenvalue weighted by molar-refractivity contribution is 0.568. The normalized spacial score (nSPS) is 13.2. The van der Waals surface area contributed by atoms with E-state index in [-0.39, 0.29) is 0 Å². The molecule has 1 atom stereocenters. The van der Waals surface area contributed by atoms with Gasteiger partial charge in [0.2, 0.25) is 0 Å². The van der Waals surface area contributed by atoms with Crippen LogP contribution in [-0.4, -0.2) is 24.6 Å². The molecule has 0 aliphatic rings. The summed E-state index contributed by atoms with van der Waals surface area (Å²) in [6.45, 7) is 15.6. The fourth-order valence-electron chi connectivity index (χ4n) is 2.24. The number of anilines is 1. The second-order valence-corrected chi connectivity index (χ2v) is 7.35. The summed E-state index contributed by atoms with van der Waals surface area (Å²) in [4.78, 5) is 8.82. The van der Waals surface area contributed by atoms with Gasteiger partial charge in [-0.25, -0.2) is 4.98 Å². The van der Waals surface area contributed by atoms with Gasteiger partial charge in [0.1, 0.15) is 0 Å². The van der Waals surface area contributed by atoms with Crippen molar-refractivity contribution in [2.24, 2.45) is 5.92 Å². The average Bonchev–Trinajstić information content (AvgIpc) is 2.78. The first-order valence-electron chi connectivity index (χ1n) is 7.81. The number of hydrogen-bond donors (Lipinski definition) is 1. The Balaban J connectivity index is 3.09. The largest absolute Gasteiger partial charge is 0.345 e. The smallest absolute Gasteiger partial charge is 0.186 e. The van der Waals surface area contributed by atoms with Crippen molar-refractivity contribution in [3.8, 4) is 0 Å². The molecular formula is C16H31N3S. The molecule has 1 heterocycles. The van der Waals surface area contributed by atoms with Crippen LogP contribution in [0.5, 0.6) is 0 Å². The number of thiazole rings is 1. The fourth-order valence-corrected chi connectivity index (χ4v) is 3.58. The third-order valence-corrected chi connectivity index (χ3v) is 4.67. The zero-order chi connectivity index (χ0) is 15.3. The van der Waals surface area contributed by atoms with E-state index in [0.29, 0.717) is 17.9 Å². The topological polar surface area (TPSA) is 28.2 Å². The minimum Gasteiger partial charge on any atom is -0.345 e. The molecule has 1 rings (SSSR count).